The van der Waals surface area contributed by atoms with E-state index in [1.54, 1.807) is 0 Å². The number of nitro groups is 1. The van der Waals surface area contributed by atoms with Crippen molar-refractivity contribution in [2.24, 2.45) is 5.41 Å². The zero-order chi connectivity index (χ0) is 24.2. The van der Waals surface area contributed by atoms with E-state index in [1.165, 1.54) is 30.3 Å². The number of benzene rings is 2. The molecule has 0 unspecified atom stereocenters. The Morgan fingerprint density at radius 2 is 1.73 bits per heavy atom. The maximum Gasteiger partial charge on any atom is 0.416 e. The standard InChI is InChI=1S/C23H26F3N3O4/c1-22(2,15-30)16-33-21-8-7-20(29(31)32)13-17(21)14-27-9-11-28(12-10-27)19-5-3-18(4-6-19)23(24,25)26/h3-8,13,30H,9-12,15-16H2,1-2H3. The summed E-state index contributed by atoms with van der Waals surface area (Å²) in [5.74, 6) is 0.423. The maximum absolute atomic E-state index is 12.8. The molecule has 0 atom stereocenters. The van der Waals surface area contributed by atoms with Crippen LogP contribution in [0.2, 0.25) is 0 Å². The molecular formula is C23H26F3N3O4. The van der Waals surface area contributed by atoms with Crippen LogP contribution in [0, 0.1) is 22.1 Å². The van der Waals surface area contributed by atoms with E-state index >= 15 is 0 Å². The summed E-state index contributed by atoms with van der Waals surface area (Å²) < 4.78 is 44.2. The van der Waals surface area contributed by atoms with Crippen molar-refractivity contribution in [2.45, 2.75) is 20.0 Å². The van der Waals surface area contributed by atoms with E-state index in [0.717, 1.165) is 12.1 Å². The number of aliphatic hydroxyl groups excluding tert-OH is 1. The Balaban J connectivity index is 1.66. The van der Waals surface area contributed by atoms with Gasteiger partial charge in [-0.1, -0.05) is 13.8 Å². The van der Waals surface area contributed by atoms with Crippen LogP contribution in [0.5, 0.6) is 5.75 Å². The first-order chi connectivity index (χ1) is 15.5. The summed E-state index contributed by atoms with van der Waals surface area (Å²) in [6, 6.07) is 9.33. The van der Waals surface area contributed by atoms with Gasteiger partial charge >= 0.3 is 6.18 Å². The first-order valence-electron chi connectivity index (χ1n) is 10.4. The largest absolute Gasteiger partial charge is 0.493 e. The molecule has 0 aromatic heterocycles. The van der Waals surface area contributed by atoms with Gasteiger partial charge < -0.3 is 14.7 Å². The number of piperazine rings is 1. The molecule has 1 aliphatic rings. The van der Waals surface area contributed by atoms with Gasteiger partial charge in [0.1, 0.15) is 12.3 Å². The number of hydrogen-bond donors (Lipinski definition) is 1. The Labute approximate surface area is 190 Å². The van der Waals surface area contributed by atoms with E-state index in [2.05, 4.69) is 6.54 Å². The van der Waals surface area contributed by atoms with Gasteiger partial charge in [-0.05, 0) is 30.3 Å². The summed E-state index contributed by atoms with van der Waals surface area (Å²) in [4.78, 5) is 14.6. The molecule has 3 rings (SSSR count). The van der Waals surface area contributed by atoms with Crippen LogP contribution in [0.1, 0.15) is 25.0 Å². The van der Waals surface area contributed by atoms with Crippen LogP contribution in [-0.4, -0.2) is 54.3 Å². The Kier molecular flexibility index (Phi) is 7.48. The van der Waals surface area contributed by atoms with Gasteiger partial charge in [-0.25, -0.2) is 0 Å². The second kappa shape index (κ2) is 9.96. The number of hydrogen-bond acceptors (Lipinski definition) is 6. The molecule has 0 spiro atoms. The van der Waals surface area contributed by atoms with Crippen LogP contribution in [0.15, 0.2) is 42.5 Å². The lowest BCUT2D eigenvalue weighted by molar-refractivity contribution is -0.384. The predicted octanol–water partition coefficient (Wildman–Crippen LogP) is 4.22. The lowest BCUT2D eigenvalue weighted by atomic mass is 9.96. The topological polar surface area (TPSA) is 79.1 Å². The predicted molar refractivity (Wildman–Crippen MR) is 117 cm³/mol. The van der Waals surface area contributed by atoms with Gasteiger partial charge in [0.25, 0.3) is 5.69 Å². The van der Waals surface area contributed by atoms with Gasteiger partial charge in [0.2, 0.25) is 0 Å². The zero-order valence-electron chi connectivity index (χ0n) is 18.4. The van der Waals surface area contributed by atoms with Gasteiger partial charge in [-0.2, -0.15) is 13.2 Å². The number of rotatable bonds is 8. The molecule has 178 valence electrons. The van der Waals surface area contributed by atoms with Crippen molar-refractivity contribution in [1.82, 2.24) is 4.90 Å². The van der Waals surface area contributed by atoms with E-state index < -0.39 is 22.1 Å². The molecule has 0 bridgehead atoms. The van der Waals surface area contributed by atoms with Crippen molar-refractivity contribution in [2.75, 3.05) is 44.3 Å². The third kappa shape index (κ3) is 6.58. The van der Waals surface area contributed by atoms with Crippen molar-refractivity contribution in [3.63, 3.8) is 0 Å². The van der Waals surface area contributed by atoms with Crippen LogP contribution >= 0.6 is 0 Å². The van der Waals surface area contributed by atoms with E-state index in [1.807, 2.05) is 23.6 Å². The lowest BCUT2D eigenvalue weighted by Crippen LogP contribution is -2.45. The third-order valence-electron chi connectivity index (χ3n) is 5.34. The first-order valence-corrected chi connectivity index (χ1v) is 10.4. The maximum atomic E-state index is 12.8. The van der Waals surface area contributed by atoms with E-state index in [0.29, 0.717) is 43.2 Å². The Hall–Kier alpha value is -2.85. The van der Waals surface area contributed by atoms with Crippen LogP contribution < -0.4 is 9.64 Å². The number of nitro benzene ring substituents is 1. The molecule has 2 aromatic rings. The highest BCUT2D eigenvalue weighted by atomic mass is 19.4. The quantitative estimate of drug-likeness (QED) is 0.465. The summed E-state index contributed by atoms with van der Waals surface area (Å²) >= 11 is 0. The molecule has 10 heteroatoms. The first kappa shape index (κ1) is 24.8. The van der Waals surface area contributed by atoms with Crippen LogP contribution in [-0.2, 0) is 6.18 Å². The second-order valence-electron chi connectivity index (χ2n) is 8.68. The number of anilines is 1. The number of alkyl halides is 3. The highest BCUT2D eigenvalue weighted by Crippen LogP contribution is 2.32. The van der Waals surface area contributed by atoms with Crippen molar-refractivity contribution in [1.29, 1.82) is 0 Å². The summed E-state index contributed by atoms with van der Waals surface area (Å²) in [5, 5.41) is 20.7. The highest BCUT2D eigenvalue weighted by molar-refractivity contribution is 5.49. The number of halogens is 3. The molecule has 0 aliphatic carbocycles. The molecule has 7 nitrogen and oxygen atoms in total. The minimum absolute atomic E-state index is 0.0747. The molecule has 1 N–H and O–H groups in total. The Morgan fingerprint density at radius 1 is 1.09 bits per heavy atom. The summed E-state index contributed by atoms with van der Waals surface area (Å²) in [5.41, 5.74) is -0.121. The van der Waals surface area contributed by atoms with Crippen molar-refractivity contribution >= 4 is 11.4 Å². The highest BCUT2D eigenvalue weighted by Gasteiger charge is 2.30. The van der Waals surface area contributed by atoms with E-state index in [4.69, 9.17) is 4.74 Å². The Bertz CT molecular complexity index is 956. The summed E-state index contributed by atoms with van der Waals surface area (Å²) in [6.45, 7) is 9.17. The van der Waals surface area contributed by atoms with Crippen molar-refractivity contribution < 1.29 is 27.9 Å². The molecule has 1 heterocycles. The van der Waals surface area contributed by atoms with Gasteiger partial charge in [0.15, 0.2) is 0 Å². The zero-order valence-corrected chi connectivity index (χ0v) is 18.4. The Morgan fingerprint density at radius 3 is 2.27 bits per heavy atom. The second-order valence-corrected chi connectivity index (χ2v) is 8.68. The number of ether oxygens (including phenoxy) is 1. The SMILES string of the molecule is CC(C)(CO)COc1ccc([N+](=O)[O-])cc1[C]N1CCN(c2ccc(C(F)(F)F)cc2)CC1. The minimum atomic E-state index is -4.37. The minimum Gasteiger partial charge on any atom is -0.493 e. The van der Waals surface area contributed by atoms with E-state index in [-0.39, 0.29) is 18.9 Å². The smallest absolute Gasteiger partial charge is 0.416 e. The number of nitrogens with zero attached hydrogens (tertiary/aromatic N) is 3. The molecule has 1 aliphatic heterocycles. The fourth-order valence-corrected chi connectivity index (χ4v) is 3.27. The molecule has 0 amide bonds. The normalized spacial score (nSPS) is 15.5. The molecule has 2 radical (unpaired) electrons. The molecule has 1 fully saturated rings. The summed E-state index contributed by atoms with van der Waals surface area (Å²) in [6.07, 6.45) is -4.37. The summed E-state index contributed by atoms with van der Waals surface area (Å²) in [7, 11) is 0. The van der Waals surface area contributed by atoms with Crippen LogP contribution in [0.25, 0.3) is 0 Å². The van der Waals surface area contributed by atoms with Crippen LogP contribution in [0.3, 0.4) is 0 Å². The molecule has 1 saturated heterocycles. The van der Waals surface area contributed by atoms with Crippen LogP contribution in [0.4, 0.5) is 24.5 Å². The van der Waals surface area contributed by atoms with Gasteiger partial charge in [-0.15, -0.1) is 0 Å². The van der Waals surface area contributed by atoms with Crippen molar-refractivity contribution in [3.05, 3.63) is 70.3 Å². The van der Waals surface area contributed by atoms with Crippen molar-refractivity contribution in [3.8, 4) is 5.75 Å². The number of aliphatic hydroxyl groups is 1. The molecular weight excluding hydrogens is 439 g/mol. The van der Waals surface area contributed by atoms with Gasteiger partial charge in [0, 0.05) is 55.0 Å². The molecule has 2 aromatic carbocycles. The lowest BCUT2D eigenvalue weighted by Gasteiger charge is -2.36. The molecule has 33 heavy (non-hydrogen) atoms. The third-order valence-corrected chi connectivity index (χ3v) is 5.34. The molecule has 0 saturated carbocycles. The number of non-ortho nitro benzene ring substituents is 1. The fourth-order valence-electron chi connectivity index (χ4n) is 3.27. The fraction of sp³-hybridized carbons (Fsp3) is 0.435. The average molecular weight is 465 g/mol. The monoisotopic (exact) mass is 465 g/mol. The van der Waals surface area contributed by atoms with Gasteiger partial charge in [-0.3, -0.25) is 15.0 Å². The average Bonchev–Trinajstić information content (AvgIpc) is 2.78. The van der Waals surface area contributed by atoms with Gasteiger partial charge in [0.05, 0.1) is 23.7 Å². The van der Waals surface area contributed by atoms with E-state index in [9.17, 15) is 28.4 Å².